The van der Waals surface area contributed by atoms with Gasteiger partial charge in [0, 0.05) is 0 Å². The Hall–Kier alpha value is -3.15. The Morgan fingerprint density at radius 1 is 1.19 bits per heavy atom. The highest BCUT2D eigenvalue weighted by Gasteiger charge is 2.23. The fourth-order valence-electron chi connectivity index (χ4n) is 3.06. The molecule has 3 rings (SSSR count). The first-order valence-corrected chi connectivity index (χ1v) is 9.04. The van der Waals surface area contributed by atoms with Crippen LogP contribution in [0.25, 0.3) is 11.0 Å². The molecular formula is C21H23N3O3. The lowest BCUT2D eigenvalue weighted by Gasteiger charge is -2.22. The van der Waals surface area contributed by atoms with Crippen LogP contribution in [0.15, 0.2) is 48.5 Å². The molecule has 6 nitrogen and oxygen atoms in total. The Morgan fingerprint density at radius 3 is 2.67 bits per heavy atom. The van der Waals surface area contributed by atoms with Crippen molar-refractivity contribution in [3.63, 3.8) is 0 Å². The van der Waals surface area contributed by atoms with Crippen LogP contribution in [0.5, 0.6) is 0 Å². The molecule has 1 heterocycles. The lowest BCUT2D eigenvalue weighted by molar-refractivity contribution is -0.121. The zero-order valence-electron chi connectivity index (χ0n) is 15.4. The summed E-state index contributed by atoms with van der Waals surface area (Å²) in [5.74, 6) is -0.238. The smallest absolute Gasteiger partial charge is 0.335 e. The van der Waals surface area contributed by atoms with Crippen LogP contribution in [0, 0.1) is 5.92 Å². The summed E-state index contributed by atoms with van der Waals surface area (Å²) in [5.41, 5.74) is 2.64. The van der Waals surface area contributed by atoms with Crippen molar-refractivity contribution in [2.75, 3.05) is 0 Å². The number of benzene rings is 2. The Morgan fingerprint density at radius 2 is 1.96 bits per heavy atom. The first kappa shape index (κ1) is 18.6. The molecule has 0 saturated heterocycles. The fourth-order valence-corrected chi connectivity index (χ4v) is 3.06. The van der Waals surface area contributed by atoms with Crippen LogP contribution in [0.1, 0.15) is 48.1 Å². The maximum atomic E-state index is 12.6. The third kappa shape index (κ3) is 4.34. The van der Waals surface area contributed by atoms with Gasteiger partial charge < -0.3 is 15.4 Å². The summed E-state index contributed by atoms with van der Waals surface area (Å²) in [6.07, 6.45) is 1.00. The van der Waals surface area contributed by atoms with E-state index < -0.39 is 5.97 Å². The number of nitrogens with one attached hydrogen (secondary N) is 2. The van der Waals surface area contributed by atoms with E-state index in [1.54, 1.807) is 12.1 Å². The number of carboxylic acids is 1. The highest BCUT2D eigenvalue weighted by Crippen LogP contribution is 2.24. The molecular weight excluding hydrogens is 342 g/mol. The van der Waals surface area contributed by atoms with Crippen molar-refractivity contribution in [1.82, 2.24) is 15.3 Å². The molecule has 2 unspecified atom stereocenters. The minimum Gasteiger partial charge on any atom is -0.478 e. The predicted octanol–water partition coefficient (Wildman–Crippen LogP) is 3.71. The molecule has 0 radical (unpaired) electrons. The molecule has 6 heteroatoms. The number of imidazole rings is 1. The van der Waals surface area contributed by atoms with E-state index in [1.807, 2.05) is 24.3 Å². The topological polar surface area (TPSA) is 95.1 Å². The molecule has 2 aromatic carbocycles. The van der Waals surface area contributed by atoms with Crippen LogP contribution < -0.4 is 5.32 Å². The van der Waals surface area contributed by atoms with E-state index in [4.69, 9.17) is 5.11 Å². The lowest BCUT2D eigenvalue weighted by atomic mass is 9.98. The van der Waals surface area contributed by atoms with Gasteiger partial charge in [-0.1, -0.05) is 44.5 Å². The zero-order valence-corrected chi connectivity index (χ0v) is 15.4. The number of para-hydroxylation sites is 2. The number of H-pyrrole nitrogens is 1. The minimum atomic E-state index is -1.00. The Bertz CT molecular complexity index is 931. The lowest BCUT2D eigenvalue weighted by Crippen LogP contribution is -2.34. The van der Waals surface area contributed by atoms with Crippen molar-refractivity contribution < 1.29 is 14.7 Å². The first-order valence-electron chi connectivity index (χ1n) is 9.04. The van der Waals surface area contributed by atoms with E-state index >= 15 is 0 Å². The summed E-state index contributed by atoms with van der Waals surface area (Å²) in [5, 5.41) is 12.2. The predicted molar refractivity (Wildman–Crippen MR) is 104 cm³/mol. The van der Waals surface area contributed by atoms with Crippen LogP contribution in [-0.4, -0.2) is 27.0 Å². The average molecular weight is 365 g/mol. The molecule has 0 aliphatic rings. The van der Waals surface area contributed by atoms with Gasteiger partial charge in [0.05, 0.1) is 29.1 Å². The largest absolute Gasteiger partial charge is 0.478 e. The van der Waals surface area contributed by atoms with Gasteiger partial charge in [0.1, 0.15) is 5.82 Å². The molecule has 2 atom stereocenters. The van der Waals surface area contributed by atoms with E-state index in [-0.39, 0.29) is 29.9 Å². The maximum Gasteiger partial charge on any atom is 0.335 e. The van der Waals surface area contributed by atoms with Crippen molar-refractivity contribution >= 4 is 22.9 Å². The van der Waals surface area contributed by atoms with Crippen molar-refractivity contribution in [2.24, 2.45) is 5.92 Å². The number of nitrogens with zero attached hydrogens (tertiary/aromatic N) is 1. The molecule has 0 saturated carbocycles. The Labute approximate surface area is 157 Å². The second-order valence-corrected chi connectivity index (χ2v) is 6.75. The van der Waals surface area contributed by atoms with Gasteiger partial charge in [-0.15, -0.1) is 0 Å². The van der Waals surface area contributed by atoms with Crippen LogP contribution in [-0.2, 0) is 11.2 Å². The SMILES string of the molecule is CCC(C)C(NC(=O)Cc1cccc(C(=O)O)c1)c1nc2ccccc2[nH]1. The molecule has 3 aromatic rings. The van der Waals surface area contributed by atoms with Gasteiger partial charge in [-0.05, 0) is 35.7 Å². The number of hydrogen-bond donors (Lipinski definition) is 3. The third-order valence-electron chi connectivity index (χ3n) is 4.77. The van der Waals surface area contributed by atoms with E-state index in [2.05, 4.69) is 29.1 Å². The molecule has 27 heavy (non-hydrogen) atoms. The number of amides is 1. The Balaban J connectivity index is 1.79. The summed E-state index contributed by atoms with van der Waals surface area (Å²) in [4.78, 5) is 31.6. The Kier molecular flexibility index (Phi) is 5.54. The van der Waals surface area contributed by atoms with Gasteiger partial charge in [-0.2, -0.15) is 0 Å². The van der Waals surface area contributed by atoms with Gasteiger partial charge in [0.15, 0.2) is 0 Å². The highest BCUT2D eigenvalue weighted by atomic mass is 16.4. The summed E-state index contributed by atoms with van der Waals surface area (Å²) in [7, 11) is 0. The van der Waals surface area contributed by atoms with Crippen molar-refractivity contribution in [2.45, 2.75) is 32.7 Å². The quantitative estimate of drug-likeness (QED) is 0.595. The minimum absolute atomic E-state index is 0.119. The molecule has 140 valence electrons. The van der Waals surface area contributed by atoms with Gasteiger partial charge in [-0.25, -0.2) is 9.78 Å². The number of carbonyl (C=O) groups is 2. The number of aromatic carboxylic acids is 1. The van der Waals surface area contributed by atoms with Gasteiger partial charge in [0.25, 0.3) is 0 Å². The summed E-state index contributed by atoms with van der Waals surface area (Å²) in [6.45, 7) is 4.14. The second-order valence-electron chi connectivity index (χ2n) is 6.75. The van der Waals surface area contributed by atoms with Gasteiger partial charge in [-0.3, -0.25) is 4.79 Å². The van der Waals surface area contributed by atoms with E-state index in [0.717, 1.165) is 23.3 Å². The number of rotatable bonds is 7. The fraction of sp³-hybridized carbons (Fsp3) is 0.286. The molecule has 0 spiro atoms. The highest BCUT2D eigenvalue weighted by molar-refractivity contribution is 5.88. The summed E-state index contributed by atoms with van der Waals surface area (Å²) < 4.78 is 0. The molecule has 0 aliphatic heterocycles. The molecule has 1 amide bonds. The van der Waals surface area contributed by atoms with Crippen molar-refractivity contribution in [3.05, 3.63) is 65.5 Å². The number of aromatic nitrogens is 2. The summed E-state index contributed by atoms with van der Waals surface area (Å²) >= 11 is 0. The van der Waals surface area contributed by atoms with E-state index in [0.29, 0.717) is 5.56 Å². The number of carbonyl (C=O) groups excluding carboxylic acids is 1. The molecule has 1 aromatic heterocycles. The van der Waals surface area contributed by atoms with Crippen molar-refractivity contribution in [3.8, 4) is 0 Å². The number of hydrogen-bond acceptors (Lipinski definition) is 3. The van der Waals surface area contributed by atoms with Gasteiger partial charge in [0.2, 0.25) is 5.91 Å². The van der Waals surface area contributed by atoms with Crippen LogP contribution in [0.2, 0.25) is 0 Å². The normalized spacial score (nSPS) is 13.3. The molecule has 0 bridgehead atoms. The molecule has 3 N–H and O–H groups in total. The number of fused-ring (bicyclic) bond motifs is 1. The second kappa shape index (κ2) is 8.03. The van der Waals surface area contributed by atoms with Crippen LogP contribution >= 0.6 is 0 Å². The van der Waals surface area contributed by atoms with Crippen molar-refractivity contribution in [1.29, 1.82) is 0 Å². The summed E-state index contributed by atoms with van der Waals surface area (Å²) in [6, 6.07) is 14.0. The third-order valence-corrected chi connectivity index (χ3v) is 4.77. The van der Waals surface area contributed by atoms with E-state index in [1.165, 1.54) is 12.1 Å². The molecule has 0 fully saturated rings. The standard InChI is InChI=1S/C21H23N3O3/c1-3-13(2)19(20-22-16-9-4-5-10-17(16)23-20)24-18(25)12-14-7-6-8-15(11-14)21(26)27/h4-11,13,19H,3,12H2,1-2H3,(H,22,23)(H,24,25)(H,26,27). The van der Waals surface area contributed by atoms with E-state index in [9.17, 15) is 9.59 Å². The van der Waals surface area contributed by atoms with Gasteiger partial charge >= 0.3 is 5.97 Å². The first-order chi connectivity index (χ1) is 13.0. The maximum absolute atomic E-state index is 12.6. The number of carboxylic acid groups (broad SMARTS) is 1. The van der Waals surface area contributed by atoms with Crippen LogP contribution in [0.4, 0.5) is 0 Å². The van der Waals surface area contributed by atoms with Crippen LogP contribution in [0.3, 0.4) is 0 Å². The number of aromatic amines is 1. The zero-order chi connectivity index (χ0) is 19.4. The average Bonchev–Trinajstić information content (AvgIpc) is 3.09. The monoisotopic (exact) mass is 365 g/mol. The molecule has 0 aliphatic carbocycles.